The van der Waals surface area contributed by atoms with E-state index in [0.717, 1.165) is 24.2 Å². The Morgan fingerprint density at radius 3 is 2.56 bits per heavy atom. The molecule has 2 amide bonds. The van der Waals surface area contributed by atoms with Crippen LogP contribution in [0.1, 0.15) is 30.4 Å². The molecule has 1 aliphatic rings. The maximum Gasteiger partial charge on any atom is 0.315 e. The molecule has 1 saturated carbocycles. The first-order valence-corrected chi connectivity index (χ1v) is 9.27. The van der Waals surface area contributed by atoms with Crippen LogP contribution in [-0.4, -0.2) is 27.3 Å². The van der Waals surface area contributed by atoms with Crippen molar-refractivity contribution >= 4 is 6.03 Å². The van der Waals surface area contributed by atoms with Crippen molar-refractivity contribution in [3.63, 3.8) is 0 Å². The van der Waals surface area contributed by atoms with Gasteiger partial charge in [0.05, 0.1) is 0 Å². The number of hydrogen-bond acceptors (Lipinski definition) is 3. The molecule has 0 spiro atoms. The van der Waals surface area contributed by atoms with Crippen molar-refractivity contribution in [3.05, 3.63) is 78.2 Å². The summed E-state index contributed by atoms with van der Waals surface area (Å²) in [7, 11) is 0. The van der Waals surface area contributed by atoms with Crippen molar-refractivity contribution in [1.29, 1.82) is 0 Å². The van der Waals surface area contributed by atoms with E-state index in [0.29, 0.717) is 13.1 Å². The number of amides is 2. The van der Waals surface area contributed by atoms with Crippen LogP contribution >= 0.6 is 0 Å². The fourth-order valence-electron chi connectivity index (χ4n) is 3.52. The Bertz CT molecular complexity index is 871. The molecule has 2 N–H and O–H groups in total. The molecule has 3 aromatic rings. The van der Waals surface area contributed by atoms with Crippen molar-refractivity contribution in [3.8, 4) is 5.82 Å². The van der Waals surface area contributed by atoms with Gasteiger partial charge in [0.25, 0.3) is 0 Å². The van der Waals surface area contributed by atoms with Crippen LogP contribution in [-0.2, 0) is 12.0 Å². The molecule has 0 radical (unpaired) electrons. The average molecular weight is 361 g/mol. The summed E-state index contributed by atoms with van der Waals surface area (Å²) in [6.45, 7) is 1.11. The zero-order valence-electron chi connectivity index (χ0n) is 15.1. The predicted octanol–water partition coefficient (Wildman–Crippen LogP) is 3.19. The van der Waals surface area contributed by atoms with Gasteiger partial charge in [0.1, 0.15) is 0 Å². The van der Waals surface area contributed by atoms with Crippen molar-refractivity contribution in [2.24, 2.45) is 0 Å². The lowest BCUT2D eigenvalue weighted by Gasteiger charge is -2.42. The highest BCUT2D eigenvalue weighted by Crippen LogP contribution is 2.43. The number of benzene rings is 1. The Kier molecular flexibility index (Phi) is 4.87. The molecule has 27 heavy (non-hydrogen) atoms. The third-order valence-corrected chi connectivity index (χ3v) is 5.29. The highest BCUT2D eigenvalue weighted by Gasteiger charge is 2.38. The molecule has 1 fully saturated rings. The average Bonchev–Trinajstić information content (AvgIpc) is 3.22. The van der Waals surface area contributed by atoms with Crippen LogP contribution in [0.2, 0.25) is 0 Å². The molecule has 2 heterocycles. The highest BCUT2D eigenvalue weighted by molar-refractivity contribution is 5.74. The van der Waals surface area contributed by atoms with E-state index < -0.39 is 0 Å². The van der Waals surface area contributed by atoms with Crippen molar-refractivity contribution in [2.45, 2.75) is 31.2 Å². The zero-order chi connectivity index (χ0) is 18.5. The second-order valence-corrected chi connectivity index (χ2v) is 7.01. The van der Waals surface area contributed by atoms with Crippen LogP contribution in [0.4, 0.5) is 4.79 Å². The maximum atomic E-state index is 12.2. The van der Waals surface area contributed by atoms with Crippen LogP contribution in [0.25, 0.3) is 5.82 Å². The van der Waals surface area contributed by atoms with Crippen LogP contribution in [0, 0.1) is 0 Å². The first-order valence-electron chi connectivity index (χ1n) is 9.27. The molecule has 0 aliphatic heterocycles. The number of carbonyl (C=O) groups is 1. The Labute approximate surface area is 158 Å². The van der Waals surface area contributed by atoms with E-state index >= 15 is 0 Å². The Morgan fingerprint density at radius 2 is 1.93 bits per heavy atom. The van der Waals surface area contributed by atoms with E-state index in [1.165, 1.54) is 12.0 Å². The predicted molar refractivity (Wildman–Crippen MR) is 104 cm³/mol. The third kappa shape index (κ3) is 3.84. The molecule has 6 heteroatoms. The molecular weight excluding hydrogens is 338 g/mol. The number of aromatic nitrogens is 3. The number of rotatable bonds is 6. The maximum absolute atomic E-state index is 12.2. The molecule has 1 aliphatic carbocycles. The lowest BCUT2D eigenvalue weighted by molar-refractivity contribution is 0.214. The fraction of sp³-hybridized carbons (Fsp3) is 0.286. The SMILES string of the molecule is O=C(NCc1ccc(-n2cccn2)nc1)NCC1(c2ccccc2)CCC1. The van der Waals surface area contributed by atoms with E-state index in [-0.39, 0.29) is 11.4 Å². The number of carbonyl (C=O) groups excluding carboxylic acids is 1. The normalized spacial score (nSPS) is 15.0. The van der Waals surface area contributed by atoms with Gasteiger partial charge in [-0.2, -0.15) is 5.10 Å². The van der Waals surface area contributed by atoms with Crippen molar-refractivity contribution < 1.29 is 4.79 Å². The largest absolute Gasteiger partial charge is 0.337 e. The van der Waals surface area contributed by atoms with Gasteiger partial charge in [0.15, 0.2) is 5.82 Å². The van der Waals surface area contributed by atoms with Gasteiger partial charge in [0, 0.05) is 37.1 Å². The molecule has 2 aromatic heterocycles. The zero-order valence-corrected chi connectivity index (χ0v) is 15.1. The molecular formula is C21H23N5O. The Morgan fingerprint density at radius 1 is 1.07 bits per heavy atom. The molecule has 0 bridgehead atoms. The molecule has 0 atom stereocenters. The smallest absolute Gasteiger partial charge is 0.315 e. The first-order chi connectivity index (χ1) is 13.3. The van der Waals surface area contributed by atoms with Crippen molar-refractivity contribution in [1.82, 2.24) is 25.4 Å². The molecule has 4 rings (SSSR count). The van der Waals surface area contributed by atoms with Crippen molar-refractivity contribution in [2.75, 3.05) is 6.54 Å². The summed E-state index contributed by atoms with van der Waals surface area (Å²) in [6, 6.07) is 16.0. The van der Waals surface area contributed by atoms with E-state index in [1.807, 2.05) is 30.5 Å². The quantitative estimate of drug-likeness (QED) is 0.708. The molecule has 138 valence electrons. The van der Waals surface area contributed by atoms with E-state index in [1.54, 1.807) is 17.1 Å². The van der Waals surface area contributed by atoms with E-state index in [4.69, 9.17) is 0 Å². The number of nitrogens with zero attached hydrogens (tertiary/aromatic N) is 3. The molecule has 1 aromatic carbocycles. The van der Waals surface area contributed by atoms with Gasteiger partial charge in [-0.05, 0) is 36.1 Å². The Balaban J connectivity index is 1.28. The van der Waals surface area contributed by atoms with Gasteiger partial charge in [-0.25, -0.2) is 14.5 Å². The number of hydrogen-bond donors (Lipinski definition) is 2. The summed E-state index contributed by atoms with van der Waals surface area (Å²) in [4.78, 5) is 16.6. The first kappa shape index (κ1) is 17.3. The van der Waals surface area contributed by atoms with Gasteiger partial charge < -0.3 is 10.6 Å². The van der Waals surface area contributed by atoms with Crippen LogP contribution in [0.3, 0.4) is 0 Å². The summed E-state index contributed by atoms with van der Waals surface area (Å²) in [5, 5.41) is 10.1. The molecule has 0 saturated heterocycles. The minimum atomic E-state index is -0.145. The summed E-state index contributed by atoms with van der Waals surface area (Å²) >= 11 is 0. The van der Waals surface area contributed by atoms with Gasteiger partial charge in [-0.15, -0.1) is 0 Å². The lowest BCUT2D eigenvalue weighted by atomic mass is 9.64. The van der Waals surface area contributed by atoms with Gasteiger partial charge in [-0.3, -0.25) is 0 Å². The standard InChI is InChI=1S/C21H23N5O/c27-20(24-16-21(10-4-11-21)18-6-2-1-3-7-18)23-15-17-8-9-19(22-14-17)26-13-5-12-25-26/h1-3,5-9,12-14H,4,10-11,15-16H2,(H2,23,24,27). The summed E-state index contributed by atoms with van der Waals surface area (Å²) in [5.41, 5.74) is 2.35. The minimum Gasteiger partial charge on any atom is -0.337 e. The van der Waals surface area contributed by atoms with E-state index in [9.17, 15) is 4.79 Å². The highest BCUT2D eigenvalue weighted by atomic mass is 16.2. The third-order valence-electron chi connectivity index (χ3n) is 5.29. The van der Waals surface area contributed by atoms with Gasteiger partial charge in [0.2, 0.25) is 0 Å². The number of urea groups is 1. The second kappa shape index (κ2) is 7.61. The number of nitrogens with one attached hydrogen (secondary N) is 2. The van der Waals surface area contributed by atoms with Gasteiger partial charge in [-0.1, -0.05) is 42.8 Å². The van der Waals surface area contributed by atoms with Crippen LogP contribution in [0.5, 0.6) is 0 Å². The summed E-state index contributed by atoms with van der Waals surface area (Å²) < 4.78 is 1.70. The number of pyridine rings is 1. The van der Waals surface area contributed by atoms with Gasteiger partial charge >= 0.3 is 6.03 Å². The molecule has 6 nitrogen and oxygen atoms in total. The van der Waals surface area contributed by atoms with Crippen LogP contribution < -0.4 is 10.6 Å². The topological polar surface area (TPSA) is 71.8 Å². The van der Waals surface area contributed by atoms with Crippen LogP contribution in [0.15, 0.2) is 67.1 Å². The summed E-state index contributed by atoms with van der Waals surface area (Å²) in [6.07, 6.45) is 8.77. The monoisotopic (exact) mass is 361 g/mol. The lowest BCUT2D eigenvalue weighted by Crippen LogP contribution is -2.48. The summed E-state index contributed by atoms with van der Waals surface area (Å²) in [5.74, 6) is 0.753. The second-order valence-electron chi connectivity index (χ2n) is 7.01. The molecule has 0 unspecified atom stereocenters. The fourth-order valence-corrected chi connectivity index (χ4v) is 3.52. The minimum absolute atomic E-state index is 0.0889. The van der Waals surface area contributed by atoms with E-state index in [2.05, 4.69) is 45.0 Å². The Hall–Kier alpha value is -3.15.